The van der Waals surface area contributed by atoms with Crippen LogP contribution in [0.2, 0.25) is 0 Å². The average molecular weight is 496 g/mol. The van der Waals surface area contributed by atoms with Crippen molar-refractivity contribution < 1.29 is 44.0 Å². The van der Waals surface area contributed by atoms with Crippen LogP contribution in [0.1, 0.15) is 60.8 Å². The molecule has 0 aromatic carbocycles. The number of fused-ring (bicyclic) bond motifs is 3. The number of nitrogens with one attached hydrogen (secondary N) is 1. The van der Waals surface area contributed by atoms with Gasteiger partial charge in [0.05, 0.1) is 17.8 Å². The second kappa shape index (κ2) is 8.69. The van der Waals surface area contributed by atoms with E-state index in [0.29, 0.717) is 12.8 Å². The summed E-state index contributed by atoms with van der Waals surface area (Å²) in [4.78, 5) is 42.2. The molecule has 10 nitrogen and oxygen atoms in total. The molecular weight excluding hydrogens is 458 g/mol. The molecule has 1 amide bonds. The Morgan fingerprint density at radius 3 is 2.40 bits per heavy atom. The Balaban J connectivity index is 2.12. The standard InChI is InChI=1S/C25H37NO9/c1-8-22(5)13-16(29)25(32)23(6)15(28)9-11-21(3,4)18(23)17(30)19(24(25,7)35-22)34-20(31)26-33-12-10-14(2)27/h8,10,12,15,17-19,28,30,32H,1,9,11,13H2,2-7H3,(H,26,31)/t15-,17-,18-,19-,22-,23-,24+,25-/m0/s1. The first kappa shape index (κ1) is 27.3. The van der Waals surface area contributed by atoms with Crippen LogP contribution in [0.5, 0.6) is 0 Å². The summed E-state index contributed by atoms with van der Waals surface area (Å²) in [6, 6.07) is 0. The maximum Gasteiger partial charge on any atom is 0.441 e. The van der Waals surface area contributed by atoms with E-state index in [0.717, 1.165) is 12.3 Å². The highest BCUT2D eigenvalue weighted by Crippen LogP contribution is 2.67. The van der Waals surface area contributed by atoms with Gasteiger partial charge in [-0.05, 0) is 39.0 Å². The lowest BCUT2D eigenvalue weighted by molar-refractivity contribution is -0.369. The Morgan fingerprint density at radius 1 is 1.20 bits per heavy atom. The number of aliphatic hydroxyl groups excluding tert-OH is 2. The number of hydrogen-bond acceptors (Lipinski definition) is 9. The first-order valence-corrected chi connectivity index (χ1v) is 11.7. The van der Waals surface area contributed by atoms with Gasteiger partial charge in [-0.25, -0.2) is 4.79 Å². The van der Waals surface area contributed by atoms with Gasteiger partial charge in [-0.2, -0.15) is 5.48 Å². The predicted molar refractivity (Wildman–Crippen MR) is 124 cm³/mol. The highest BCUT2D eigenvalue weighted by atomic mass is 16.7. The lowest BCUT2D eigenvalue weighted by Crippen LogP contribution is -2.86. The smallest absolute Gasteiger partial charge is 0.438 e. The molecule has 0 bridgehead atoms. The summed E-state index contributed by atoms with van der Waals surface area (Å²) in [5.41, 5.74) is -5.67. The van der Waals surface area contributed by atoms with Gasteiger partial charge in [-0.15, -0.1) is 6.58 Å². The molecule has 3 fully saturated rings. The van der Waals surface area contributed by atoms with Crippen LogP contribution in [0, 0.1) is 16.7 Å². The number of amides is 1. The lowest BCUT2D eigenvalue weighted by atomic mass is 9.40. The van der Waals surface area contributed by atoms with Gasteiger partial charge in [0.1, 0.15) is 11.9 Å². The summed E-state index contributed by atoms with van der Waals surface area (Å²) < 4.78 is 11.9. The van der Waals surface area contributed by atoms with Crippen LogP contribution in [0.15, 0.2) is 25.0 Å². The topological polar surface area (TPSA) is 152 Å². The number of carbonyl (C=O) groups is 3. The van der Waals surface area contributed by atoms with Gasteiger partial charge in [-0.3, -0.25) is 9.59 Å². The number of carbonyl (C=O) groups excluding carboxylic acids is 3. The van der Waals surface area contributed by atoms with Gasteiger partial charge in [0.15, 0.2) is 23.3 Å². The fourth-order valence-electron chi connectivity index (χ4n) is 6.83. The van der Waals surface area contributed by atoms with Crippen LogP contribution in [0.25, 0.3) is 0 Å². The number of allylic oxidation sites excluding steroid dienone is 1. The fourth-order valence-corrected chi connectivity index (χ4v) is 6.83. The molecule has 0 aromatic heterocycles. The van der Waals surface area contributed by atoms with Crippen molar-refractivity contribution in [3.63, 3.8) is 0 Å². The van der Waals surface area contributed by atoms with Crippen LogP contribution in [0.4, 0.5) is 4.79 Å². The minimum atomic E-state index is -2.32. The molecular formula is C25H37NO9. The Labute approximate surface area is 205 Å². The molecule has 3 rings (SSSR count). The molecule has 1 heterocycles. The summed E-state index contributed by atoms with van der Waals surface area (Å²) in [6.07, 6.45) is -1.17. The number of hydroxylamine groups is 1. The van der Waals surface area contributed by atoms with Crippen molar-refractivity contribution in [2.24, 2.45) is 16.7 Å². The van der Waals surface area contributed by atoms with Crippen molar-refractivity contribution in [3.8, 4) is 0 Å². The molecule has 0 spiro atoms. The molecule has 0 aromatic rings. The van der Waals surface area contributed by atoms with E-state index in [9.17, 15) is 29.7 Å². The molecule has 1 saturated heterocycles. The Morgan fingerprint density at radius 2 is 1.83 bits per heavy atom. The van der Waals surface area contributed by atoms with E-state index in [1.165, 1.54) is 19.9 Å². The van der Waals surface area contributed by atoms with Gasteiger partial charge >= 0.3 is 6.09 Å². The molecule has 0 radical (unpaired) electrons. The van der Waals surface area contributed by atoms with Gasteiger partial charge < -0.3 is 29.6 Å². The zero-order valence-electron chi connectivity index (χ0n) is 21.2. The summed E-state index contributed by atoms with van der Waals surface area (Å²) in [6.45, 7) is 13.4. The summed E-state index contributed by atoms with van der Waals surface area (Å²) in [5, 5.41) is 35.2. The van der Waals surface area contributed by atoms with E-state index in [-0.39, 0.29) is 12.2 Å². The first-order chi connectivity index (χ1) is 16.0. The lowest BCUT2D eigenvalue weighted by Gasteiger charge is -2.71. The number of hydrogen-bond donors (Lipinski definition) is 4. The van der Waals surface area contributed by atoms with Crippen LogP contribution < -0.4 is 5.48 Å². The number of ketones is 2. The quantitative estimate of drug-likeness (QED) is 0.193. The average Bonchev–Trinajstić information content (AvgIpc) is 2.74. The van der Waals surface area contributed by atoms with Crippen LogP contribution in [-0.2, 0) is 23.9 Å². The van der Waals surface area contributed by atoms with E-state index in [1.807, 2.05) is 19.3 Å². The summed E-state index contributed by atoms with van der Waals surface area (Å²) >= 11 is 0. The van der Waals surface area contributed by atoms with E-state index < -0.39 is 63.7 Å². The van der Waals surface area contributed by atoms with Crippen LogP contribution in [-0.4, -0.2) is 68.1 Å². The molecule has 1 aliphatic heterocycles. The fraction of sp³-hybridized carbons (Fsp3) is 0.720. The summed E-state index contributed by atoms with van der Waals surface area (Å²) in [5.74, 6) is -1.75. The second-order valence-corrected chi connectivity index (χ2v) is 11.3. The largest absolute Gasteiger partial charge is 0.441 e. The maximum atomic E-state index is 13.8. The Hall–Kier alpha value is -2.27. The zero-order valence-corrected chi connectivity index (χ0v) is 21.2. The molecule has 35 heavy (non-hydrogen) atoms. The predicted octanol–water partition coefficient (Wildman–Crippen LogP) is 1.72. The third-order valence-corrected chi connectivity index (χ3v) is 8.47. The van der Waals surface area contributed by atoms with Crippen molar-refractivity contribution in [1.29, 1.82) is 0 Å². The third kappa shape index (κ3) is 3.91. The zero-order chi connectivity index (χ0) is 26.6. The molecule has 196 valence electrons. The molecule has 10 heteroatoms. The molecule has 2 aliphatic carbocycles. The molecule has 4 N–H and O–H groups in total. The summed E-state index contributed by atoms with van der Waals surface area (Å²) in [7, 11) is 0. The van der Waals surface area contributed by atoms with Crippen LogP contribution >= 0.6 is 0 Å². The monoisotopic (exact) mass is 495 g/mol. The van der Waals surface area contributed by atoms with E-state index in [4.69, 9.17) is 14.3 Å². The van der Waals surface area contributed by atoms with Gasteiger partial charge in [0, 0.05) is 23.8 Å². The minimum absolute atomic E-state index is 0.216. The van der Waals surface area contributed by atoms with E-state index in [1.54, 1.807) is 13.8 Å². The highest BCUT2D eigenvalue weighted by Gasteiger charge is 2.81. The maximum absolute atomic E-state index is 13.8. The number of ether oxygens (including phenoxy) is 2. The van der Waals surface area contributed by atoms with Crippen LogP contribution in [0.3, 0.4) is 0 Å². The van der Waals surface area contributed by atoms with E-state index >= 15 is 0 Å². The Kier molecular flexibility index (Phi) is 6.78. The second-order valence-electron chi connectivity index (χ2n) is 11.3. The number of Topliss-reactive ketones (excluding diaryl/α,β-unsaturated/α-hetero) is 1. The normalized spacial score (nSPS) is 44.7. The minimum Gasteiger partial charge on any atom is -0.438 e. The molecule has 0 unspecified atom stereocenters. The first-order valence-electron chi connectivity index (χ1n) is 11.7. The molecule has 8 atom stereocenters. The van der Waals surface area contributed by atoms with Crippen molar-refractivity contribution >= 4 is 17.7 Å². The highest BCUT2D eigenvalue weighted by molar-refractivity contribution is 5.92. The SMILES string of the molecule is C=C[C@@]1(C)CC(=O)[C@]2(O)[C@@]3(C)[C@@H](O)CCC(C)(C)[C@@H]3[C@H](O)[C@H](OC(=O)NOC=CC(C)=O)[C@@]2(C)O1. The number of rotatable bonds is 5. The third-order valence-electron chi connectivity index (χ3n) is 8.47. The van der Waals surface area contributed by atoms with Gasteiger partial charge in [0.25, 0.3) is 0 Å². The van der Waals surface area contributed by atoms with Crippen molar-refractivity contribution in [1.82, 2.24) is 5.48 Å². The molecule has 2 saturated carbocycles. The van der Waals surface area contributed by atoms with Crippen molar-refractivity contribution in [2.75, 3.05) is 0 Å². The molecule has 3 aliphatic rings. The number of aliphatic hydroxyl groups is 3. The van der Waals surface area contributed by atoms with Crippen molar-refractivity contribution in [3.05, 3.63) is 25.0 Å². The van der Waals surface area contributed by atoms with Gasteiger partial charge in [0.2, 0.25) is 0 Å². The van der Waals surface area contributed by atoms with E-state index in [2.05, 4.69) is 6.58 Å². The van der Waals surface area contributed by atoms with Gasteiger partial charge in [-0.1, -0.05) is 26.8 Å². The van der Waals surface area contributed by atoms with Crippen molar-refractivity contribution in [2.45, 2.75) is 95.9 Å². The Bertz CT molecular complexity index is 947.